The van der Waals surface area contributed by atoms with Crippen LogP contribution >= 0.6 is 0 Å². The first-order chi connectivity index (χ1) is 9.31. The molecule has 0 heterocycles. The minimum atomic E-state index is -1.22. The Hall–Kier alpha value is -1.67. The summed E-state index contributed by atoms with van der Waals surface area (Å²) in [5.41, 5.74) is 0. The lowest BCUT2D eigenvalue weighted by Crippen LogP contribution is -2.47. The Labute approximate surface area is 116 Å². The summed E-state index contributed by atoms with van der Waals surface area (Å²) >= 11 is 0. The van der Waals surface area contributed by atoms with E-state index in [4.69, 9.17) is 14.9 Å². The number of rotatable bonds is 10. The highest BCUT2D eigenvalue weighted by atomic mass is 16.5. The van der Waals surface area contributed by atoms with Gasteiger partial charge in [0.05, 0.1) is 31.7 Å². The van der Waals surface area contributed by atoms with Crippen molar-refractivity contribution in [1.29, 1.82) is 0 Å². The van der Waals surface area contributed by atoms with Gasteiger partial charge in [0, 0.05) is 0 Å². The maximum Gasteiger partial charge on any atom is 0.317 e. The average molecular weight is 291 g/mol. The van der Waals surface area contributed by atoms with Gasteiger partial charge in [-0.2, -0.15) is 0 Å². The number of carbonyl (C=O) groups is 3. The lowest BCUT2D eigenvalue weighted by molar-refractivity contribution is -0.151. The molecule has 20 heavy (non-hydrogen) atoms. The van der Waals surface area contributed by atoms with E-state index in [1.165, 1.54) is 0 Å². The molecule has 2 unspecified atom stereocenters. The lowest BCUT2D eigenvalue weighted by atomic mass is 10.1. The summed E-state index contributed by atoms with van der Waals surface area (Å²) in [6, 6.07) is -0.866. The first-order valence-corrected chi connectivity index (χ1v) is 6.26. The average Bonchev–Trinajstić information content (AvgIpc) is 2.36. The predicted octanol–water partition coefficient (Wildman–Crippen LogP) is -0.592. The van der Waals surface area contributed by atoms with Crippen LogP contribution < -0.4 is 0 Å². The van der Waals surface area contributed by atoms with E-state index in [-0.39, 0.29) is 12.5 Å². The van der Waals surface area contributed by atoms with Crippen molar-refractivity contribution in [2.75, 3.05) is 26.3 Å². The van der Waals surface area contributed by atoms with E-state index < -0.39 is 43.6 Å². The molecule has 0 rings (SSSR count). The molecule has 8 heteroatoms. The molecule has 116 valence electrons. The van der Waals surface area contributed by atoms with Crippen molar-refractivity contribution in [3.63, 3.8) is 0 Å². The number of nitrogens with zero attached hydrogens (tertiary/aromatic N) is 1. The van der Waals surface area contributed by atoms with Crippen LogP contribution in [0.25, 0.3) is 0 Å². The summed E-state index contributed by atoms with van der Waals surface area (Å²) in [4.78, 5) is 33.9. The number of carbonyl (C=O) groups excluding carboxylic acids is 1. The van der Waals surface area contributed by atoms with Gasteiger partial charge in [-0.15, -0.1) is 0 Å². The van der Waals surface area contributed by atoms with Crippen molar-refractivity contribution in [1.82, 2.24) is 4.90 Å². The van der Waals surface area contributed by atoms with Crippen LogP contribution in [0.1, 0.15) is 20.3 Å². The number of esters is 1. The van der Waals surface area contributed by atoms with Crippen LogP contribution in [-0.4, -0.2) is 70.5 Å². The number of aliphatic hydroxyl groups is 1. The summed E-state index contributed by atoms with van der Waals surface area (Å²) in [5.74, 6) is -3.21. The smallest absolute Gasteiger partial charge is 0.317 e. The van der Waals surface area contributed by atoms with E-state index in [2.05, 4.69) is 0 Å². The molecule has 0 aromatic carbocycles. The molecule has 0 aliphatic carbocycles. The Bertz CT molecular complexity index is 329. The molecule has 0 saturated carbocycles. The molecule has 0 radical (unpaired) electrons. The number of hydrogen-bond donors (Lipinski definition) is 3. The van der Waals surface area contributed by atoms with E-state index in [1.807, 2.05) is 6.92 Å². The normalized spacial score (nSPS) is 13.8. The molecule has 0 fully saturated rings. The molecule has 2 atom stereocenters. The third-order valence-electron chi connectivity index (χ3n) is 2.84. The molecule has 0 amide bonds. The van der Waals surface area contributed by atoms with E-state index in [1.54, 1.807) is 6.92 Å². The van der Waals surface area contributed by atoms with Gasteiger partial charge in [-0.05, 0) is 6.42 Å². The van der Waals surface area contributed by atoms with Crippen molar-refractivity contribution in [3.05, 3.63) is 0 Å². The van der Waals surface area contributed by atoms with Gasteiger partial charge in [0.15, 0.2) is 0 Å². The summed E-state index contributed by atoms with van der Waals surface area (Å²) < 4.78 is 4.97. The van der Waals surface area contributed by atoms with Gasteiger partial charge in [-0.1, -0.05) is 13.8 Å². The predicted molar refractivity (Wildman–Crippen MR) is 68.1 cm³/mol. The second kappa shape index (κ2) is 9.27. The van der Waals surface area contributed by atoms with E-state index >= 15 is 0 Å². The molecule has 0 saturated heterocycles. The minimum Gasteiger partial charge on any atom is -0.480 e. The topological polar surface area (TPSA) is 124 Å². The third-order valence-corrected chi connectivity index (χ3v) is 2.84. The largest absolute Gasteiger partial charge is 0.480 e. The molecular formula is C12H21NO7. The molecule has 0 aromatic rings. The number of aliphatic carboxylic acids is 2. The van der Waals surface area contributed by atoms with Gasteiger partial charge in [-0.25, -0.2) is 0 Å². The standard InChI is InChI=1S/C12H21NO7/c1-3-8(2)12(19)20-7-9(6-14)13(4-10(15)16)5-11(17)18/h8-9,14H,3-7H2,1-2H3,(H,15,16)(H,17,18). The SMILES string of the molecule is CCC(C)C(=O)OCC(CO)N(CC(=O)O)CC(=O)O. The highest BCUT2D eigenvalue weighted by molar-refractivity contribution is 5.73. The monoisotopic (exact) mass is 291 g/mol. The number of carboxylic acid groups (broad SMARTS) is 2. The highest BCUT2D eigenvalue weighted by Gasteiger charge is 2.24. The van der Waals surface area contributed by atoms with Crippen LogP contribution in [0.15, 0.2) is 0 Å². The molecule has 0 aromatic heterocycles. The Morgan fingerprint density at radius 1 is 1.15 bits per heavy atom. The summed E-state index contributed by atoms with van der Waals surface area (Å²) in [6.45, 7) is 1.63. The fraction of sp³-hybridized carbons (Fsp3) is 0.750. The van der Waals surface area contributed by atoms with Crippen molar-refractivity contribution >= 4 is 17.9 Å². The Balaban J connectivity index is 4.60. The zero-order valence-corrected chi connectivity index (χ0v) is 11.6. The zero-order chi connectivity index (χ0) is 15.7. The van der Waals surface area contributed by atoms with Gasteiger partial charge in [0.25, 0.3) is 0 Å². The van der Waals surface area contributed by atoms with Gasteiger partial charge >= 0.3 is 17.9 Å². The van der Waals surface area contributed by atoms with E-state index in [0.717, 1.165) is 4.90 Å². The fourth-order valence-electron chi connectivity index (χ4n) is 1.42. The van der Waals surface area contributed by atoms with Gasteiger partial charge in [0.2, 0.25) is 0 Å². The Morgan fingerprint density at radius 3 is 2.00 bits per heavy atom. The molecule has 3 N–H and O–H groups in total. The quantitative estimate of drug-likeness (QED) is 0.456. The molecule has 0 aliphatic rings. The van der Waals surface area contributed by atoms with E-state index in [9.17, 15) is 19.5 Å². The van der Waals surface area contributed by atoms with Crippen LogP contribution in [0.5, 0.6) is 0 Å². The fourth-order valence-corrected chi connectivity index (χ4v) is 1.42. The van der Waals surface area contributed by atoms with Crippen molar-refractivity contribution in [2.24, 2.45) is 5.92 Å². The van der Waals surface area contributed by atoms with Gasteiger partial charge in [-0.3, -0.25) is 19.3 Å². The number of hydrogen-bond acceptors (Lipinski definition) is 6. The molecular weight excluding hydrogens is 270 g/mol. The number of aliphatic hydroxyl groups excluding tert-OH is 1. The second-order valence-electron chi connectivity index (χ2n) is 4.47. The van der Waals surface area contributed by atoms with Gasteiger partial charge < -0.3 is 20.1 Å². The molecule has 0 spiro atoms. The van der Waals surface area contributed by atoms with Crippen LogP contribution in [0.3, 0.4) is 0 Å². The summed E-state index contributed by atoms with van der Waals surface area (Å²) in [5, 5.41) is 26.7. The van der Waals surface area contributed by atoms with Crippen LogP contribution in [0.4, 0.5) is 0 Å². The molecule has 0 aliphatic heterocycles. The number of ether oxygens (including phenoxy) is 1. The van der Waals surface area contributed by atoms with Gasteiger partial charge in [0.1, 0.15) is 6.61 Å². The van der Waals surface area contributed by atoms with Crippen molar-refractivity contribution < 1.29 is 34.4 Å². The van der Waals surface area contributed by atoms with Crippen LogP contribution in [-0.2, 0) is 19.1 Å². The first-order valence-electron chi connectivity index (χ1n) is 6.26. The Morgan fingerprint density at radius 2 is 1.65 bits per heavy atom. The summed E-state index contributed by atoms with van der Waals surface area (Å²) in [7, 11) is 0. The lowest BCUT2D eigenvalue weighted by Gasteiger charge is -2.27. The number of carboxylic acids is 2. The van der Waals surface area contributed by atoms with Crippen LogP contribution in [0.2, 0.25) is 0 Å². The highest BCUT2D eigenvalue weighted by Crippen LogP contribution is 2.06. The zero-order valence-electron chi connectivity index (χ0n) is 11.6. The maximum absolute atomic E-state index is 11.5. The molecule has 0 bridgehead atoms. The van der Waals surface area contributed by atoms with E-state index in [0.29, 0.717) is 6.42 Å². The van der Waals surface area contributed by atoms with Crippen LogP contribution in [0, 0.1) is 5.92 Å². The van der Waals surface area contributed by atoms with Crippen molar-refractivity contribution in [3.8, 4) is 0 Å². The maximum atomic E-state index is 11.5. The minimum absolute atomic E-state index is 0.250. The van der Waals surface area contributed by atoms with Crippen molar-refractivity contribution in [2.45, 2.75) is 26.3 Å². The summed E-state index contributed by atoms with van der Waals surface area (Å²) in [6.07, 6.45) is 0.594. The second-order valence-corrected chi connectivity index (χ2v) is 4.47. The molecule has 8 nitrogen and oxygen atoms in total. The first kappa shape index (κ1) is 18.3. The Kier molecular flexibility index (Phi) is 8.49. The third kappa shape index (κ3) is 7.05.